The van der Waals surface area contributed by atoms with E-state index in [-0.39, 0.29) is 12.1 Å². The number of halogens is 1. The molecule has 3 unspecified atom stereocenters. The Morgan fingerprint density at radius 1 is 1.56 bits per heavy atom. The predicted molar refractivity (Wildman–Crippen MR) is 75.8 cm³/mol. The fourth-order valence-electron chi connectivity index (χ4n) is 2.63. The van der Waals surface area contributed by atoms with Gasteiger partial charge >= 0.3 is 0 Å². The number of nitrogens with two attached hydrogens (primary N) is 1. The average Bonchev–Trinajstić information content (AvgIpc) is 2.86. The van der Waals surface area contributed by atoms with E-state index in [0.717, 1.165) is 35.2 Å². The summed E-state index contributed by atoms with van der Waals surface area (Å²) in [4.78, 5) is 0. The van der Waals surface area contributed by atoms with Crippen LogP contribution in [0.1, 0.15) is 31.4 Å². The Labute approximate surface area is 117 Å². The average molecular weight is 314 g/mol. The molecule has 3 nitrogen and oxygen atoms in total. The van der Waals surface area contributed by atoms with Gasteiger partial charge in [0.1, 0.15) is 5.75 Å². The lowest BCUT2D eigenvalue weighted by atomic mass is 9.87. The van der Waals surface area contributed by atoms with Crippen molar-refractivity contribution >= 4 is 15.9 Å². The molecule has 4 heteroatoms. The van der Waals surface area contributed by atoms with Crippen molar-refractivity contribution in [3.63, 3.8) is 0 Å². The first-order chi connectivity index (χ1) is 8.67. The van der Waals surface area contributed by atoms with Crippen molar-refractivity contribution in [3.05, 3.63) is 28.2 Å². The normalized spacial score (nSPS) is 25.1. The minimum Gasteiger partial charge on any atom is -0.497 e. The smallest absolute Gasteiger partial charge is 0.120 e. The highest BCUT2D eigenvalue weighted by molar-refractivity contribution is 9.10. The fourth-order valence-corrected chi connectivity index (χ4v) is 3.25. The molecule has 2 N–H and O–H groups in total. The molecular weight excluding hydrogens is 294 g/mol. The van der Waals surface area contributed by atoms with Crippen molar-refractivity contribution < 1.29 is 9.47 Å². The van der Waals surface area contributed by atoms with Crippen LogP contribution in [-0.2, 0) is 4.74 Å². The monoisotopic (exact) mass is 313 g/mol. The van der Waals surface area contributed by atoms with Gasteiger partial charge in [-0.3, -0.25) is 0 Å². The molecule has 1 aromatic carbocycles. The summed E-state index contributed by atoms with van der Waals surface area (Å²) in [5, 5.41) is 0. The molecule has 0 aliphatic carbocycles. The summed E-state index contributed by atoms with van der Waals surface area (Å²) >= 11 is 3.58. The van der Waals surface area contributed by atoms with Crippen molar-refractivity contribution in [2.24, 2.45) is 11.7 Å². The molecular formula is C14H20BrNO2. The lowest BCUT2D eigenvalue weighted by Crippen LogP contribution is -2.28. The quantitative estimate of drug-likeness (QED) is 0.927. The van der Waals surface area contributed by atoms with Gasteiger partial charge in [0.2, 0.25) is 0 Å². The number of hydrogen-bond donors (Lipinski definition) is 1. The second kappa shape index (κ2) is 6.04. The molecule has 0 spiro atoms. The topological polar surface area (TPSA) is 44.5 Å². The highest BCUT2D eigenvalue weighted by atomic mass is 79.9. The Morgan fingerprint density at radius 2 is 2.33 bits per heavy atom. The summed E-state index contributed by atoms with van der Waals surface area (Å²) in [6.07, 6.45) is 2.35. The van der Waals surface area contributed by atoms with E-state index in [1.54, 1.807) is 7.11 Å². The molecule has 0 bridgehead atoms. The second-order valence-electron chi connectivity index (χ2n) is 4.68. The zero-order valence-electron chi connectivity index (χ0n) is 10.9. The standard InChI is InChI=1S/C14H20BrNO2/c1-3-13-11(6-7-18-13)14(16)10-5-4-9(17-2)8-12(10)15/h4-5,8,11,13-14H,3,6-7,16H2,1-2H3. The van der Waals surface area contributed by atoms with Crippen molar-refractivity contribution in [2.45, 2.75) is 31.9 Å². The maximum absolute atomic E-state index is 6.41. The van der Waals surface area contributed by atoms with Crippen LogP contribution in [0, 0.1) is 5.92 Å². The number of hydrogen-bond acceptors (Lipinski definition) is 3. The van der Waals surface area contributed by atoms with Gasteiger partial charge in [0.25, 0.3) is 0 Å². The third-order valence-electron chi connectivity index (χ3n) is 3.69. The molecule has 1 heterocycles. The Morgan fingerprint density at radius 3 is 2.94 bits per heavy atom. The SMILES string of the molecule is CCC1OCCC1C(N)c1ccc(OC)cc1Br. The van der Waals surface area contributed by atoms with E-state index in [0.29, 0.717) is 5.92 Å². The first-order valence-corrected chi connectivity index (χ1v) is 7.17. The minimum atomic E-state index is 0.0118. The molecule has 1 aromatic rings. The van der Waals surface area contributed by atoms with Crippen LogP contribution in [0.15, 0.2) is 22.7 Å². The Hall–Kier alpha value is -0.580. The summed E-state index contributed by atoms with van der Waals surface area (Å²) in [6.45, 7) is 2.98. The number of methoxy groups -OCH3 is 1. The molecule has 18 heavy (non-hydrogen) atoms. The van der Waals surface area contributed by atoms with Crippen LogP contribution < -0.4 is 10.5 Å². The van der Waals surface area contributed by atoms with Gasteiger partial charge in [-0.2, -0.15) is 0 Å². The molecule has 0 amide bonds. The predicted octanol–water partition coefficient (Wildman–Crippen LogP) is 3.27. The summed E-state index contributed by atoms with van der Waals surface area (Å²) in [5.41, 5.74) is 7.54. The Kier molecular flexibility index (Phi) is 4.65. The number of rotatable bonds is 4. The van der Waals surface area contributed by atoms with E-state index in [9.17, 15) is 0 Å². The summed E-state index contributed by atoms with van der Waals surface area (Å²) in [7, 11) is 1.67. The van der Waals surface area contributed by atoms with Crippen LogP contribution in [0.25, 0.3) is 0 Å². The first kappa shape index (κ1) is 13.8. The van der Waals surface area contributed by atoms with E-state index in [1.807, 2.05) is 18.2 Å². The largest absolute Gasteiger partial charge is 0.497 e. The molecule has 1 aliphatic rings. The minimum absolute atomic E-state index is 0.0118. The van der Waals surface area contributed by atoms with Gasteiger partial charge in [0.05, 0.1) is 13.2 Å². The third-order valence-corrected chi connectivity index (χ3v) is 4.38. The molecule has 3 atom stereocenters. The van der Waals surface area contributed by atoms with Gasteiger partial charge in [0.15, 0.2) is 0 Å². The van der Waals surface area contributed by atoms with Crippen LogP contribution in [0.4, 0.5) is 0 Å². The highest BCUT2D eigenvalue weighted by Gasteiger charge is 2.33. The first-order valence-electron chi connectivity index (χ1n) is 6.38. The molecule has 2 rings (SSSR count). The molecule has 0 radical (unpaired) electrons. The van der Waals surface area contributed by atoms with Crippen LogP contribution >= 0.6 is 15.9 Å². The van der Waals surface area contributed by atoms with E-state index in [4.69, 9.17) is 15.2 Å². The van der Waals surface area contributed by atoms with Crippen LogP contribution in [0.2, 0.25) is 0 Å². The van der Waals surface area contributed by atoms with E-state index in [2.05, 4.69) is 22.9 Å². The van der Waals surface area contributed by atoms with Gasteiger partial charge in [-0.1, -0.05) is 28.9 Å². The molecule has 100 valence electrons. The van der Waals surface area contributed by atoms with Crippen LogP contribution in [0.5, 0.6) is 5.75 Å². The zero-order chi connectivity index (χ0) is 13.1. The van der Waals surface area contributed by atoms with Crippen molar-refractivity contribution in [2.75, 3.05) is 13.7 Å². The van der Waals surface area contributed by atoms with Gasteiger partial charge in [0, 0.05) is 23.0 Å². The molecule has 0 aromatic heterocycles. The molecule has 1 aliphatic heterocycles. The lowest BCUT2D eigenvalue weighted by molar-refractivity contribution is 0.0813. The fraction of sp³-hybridized carbons (Fsp3) is 0.571. The molecule has 1 saturated heterocycles. The van der Waals surface area contributed by atoms with Crippen molar-refractivity contribution in [3.8, 4) is 5.75 Å². The summed E-state index contributed by atoms with van der Waals surface area (Å²) in [5.74, 6) is 1.24. The lowest BCUT2D eigenvalue weighted by Gasteiger charge is -2.25. The highest BCUT2D eigenvalue weighted by Crippen LogP contribution is 2.37. The second-order valence-corrected chi connectivity index (χ2v) is 5.54. The maximum Gasteiger partial charge on any atom is 0.120 e. The summed E-state index contributed by atoms with van der Waals surface area (Å²) < 4.78 is 11.9. The van der Waals surface area contributed by atoms with Gasteiger partial charge in [-0.15, -0.1) is 0 Å². The van der Waals surface area contributed by atoms with Gasteiger partial charge in [-0.05, 0) is 30.5 Å². The zero-order valence-corrected chi connectivity index (χ0v) is 12.4. The van der Waals surface area contributed by atoms with Gasteiger partial charge in [-0.25, -0.2) is 0 Å². The van der Waals surface area contributed by atoms with Crippen LogP contribution in [-0.4, -0.2) is 19.8 Å². The third kappa shape index (κ3) is 2.71. The van der Waals surface area contributed by atoms with E-state index < -0.39 is 0 Å². The van der Waals surface area contributed by atoms with Crippen LogP contribution in [0.3, 0.4) is 0 Å². The molecule has 0 saturated carbocycles. The molecule has 1 fully saturated rings. The van der Waals surface area contributed by atoms with Crippen molar-refractivity contribution in [1.29, 1.82) is 0 Å². The van der Waals surface area contributed by atoms with Crippen molar-refractivity contribution in [1.82, 2.24) is 0 Å². The maximum atomic E-state index is 6.41. The Bertz CT molecular complexity index is 411. The summed E-state index contributed by atoms with van der Waals surface area (Å²) in [6, 6.07) is 5.97. The van der Waals surface area contributed by atoms with E-state index >= 15 is 0 Å². The number of ether oxygens (including phenoxy) is 2. The van der Waals surface area contributed by atoms with E-state index in [1.165, 1.54) is 0 Å². The van der Waals surface area contributed by atoms with Gasteiger partial charge < -0.3 is 15.2 Å². The Balaban J connectivity index is 2.20. The number of benzene rings is 1.